The molecule has 5 heteroatoms. The Morgan fingerprint density at radius 1 is 1.64 bits per heavy atom. The van der Waals surface area contributed by atoms with E-state index in [1.54, 1.807) is 0 Å². The van der Waals surface area contributed by atoms with Crippen LogP contribution in [0.3, 0.4) is 0 Å². The Balaban J connectivity index is 3.14. The van der Waals surface area contributed by atoms with Crippen molar-refractivity contribution in [2.24, 2.45) is 0 Å². The summed E-state index contributed by atoms with van der Waals surface area (Å²) in [5.74, 6) is -0.201. The highest BCUT2D eigenvalue weighted by atomic mass is 19.1. The molecule has 0 aromatic heterocycles. The Hall–Kier alpha value is -1.49. The van der Waals surface area contributed by atoms with Crippen LogP contribution in [0.5, 0.6) is 0 Å². The Morgan fingerprint density at radius 2 is 2.29 bits per heavy atom. The van der Waals surface area contributed by atoms with Gasteiger partial charge < -0.3 is 5.11 Å². The van der Waals surface area contributed by atoms with Gasteiger partial charge >= 0.3 is 0 Å². The molecule has 0 saturated heterocycles. The zero-order valence-electron chi connectivity index (χ0n) is 7.53. The van der Waals surface area contributed by atoms with Gasteiger partial charge in [-0.05, 0) is 6.07 Å². The van der Waals surface area contributed by atoms with Gasteiger partial charge in [-0.3, -0.25) is 10.1 Å². The highest BCUT2D eigenvalue weighted by Gasteiger charge is 2.15. The molecule has 1 aromatic carbocycles. The molecule has 1 aromatic rings. The monoisotopic (exact) mass is 198 g/mol. The second-order valence-corrected chi connectivity index (χ2v) is 2.86. The topological polar surface area (TPSA) is 63.4 Å². The molecular weight excluding hydrogens is 189 g/mol. The second-order valence-electron chi connectivity index (χ2n) is 2.86. The average molecular weight is 198 g/mol. The summed E-state index contributed by atoms with van der Waals surface area (Å²) in [6.07, 6.45) is 0. The minimum absolute atomic E-state index is 0.0849. The molecule has 0 aliphatic rings. The Bertz CT molecular complexity index is 354. The van der Waals surface area contributed by atoms with Gasteiger partial charge in [0.15, 0.2) is 0 Å². The number of halogens is 1. The maximum Gasteiger partial charge on any atom is 0.269 e. The lowest BCUT2D eigenvalue weighted by Gasteiger charge is -2.07. The summed E-state index contributed by atoms with van der Waals surface area (Å²) in [6, 6.07) is 3.22. The molecular formula is C9H9FNO3. The third kappa shape index (κ3) is 2.05. The summed E-state index contributed by atoms with van der Waals surface area (Å²) < 4.78 is 13.1. The fourth-order valence-electron chi connectivity index (χ4n) is 1.04. The first kappa shape index (κ1) is 10.6. The Labute approximate surface area is 80.1 Å². The molecule has 0 atom stereocenters. The molecule has 1 rings (SSSR count). The van der Waals surface area contributed by atoms with Gasteiger partial charge in [-0.1, -0.05) is 6.92 Å². The molecule has 0 unspecified atom stereocenters. The van der Waals surface area contributed by atoms with E-state index in [0.29, 0.717) is 5.92 Å². The van der Waals surface area contributed by atoms with Gasteiger partial charge in [-0.2, -0.15) is 0 Å². The smallest absolute Gasteiger partial charge is 0.269 e. The predicted octanol–water partition coefficient (Wildman–Crippen LogP) is 1.67. The third-order valence-electron chi connectivity index (χ3n) is 1.86. The van der Waals surface area contributed by atoms with E-state index in [4.69, 9.17) is 5.11 Å². The van der Waals surface area contributed by atoms with Crippen LogP contribution in [-0.2, 0) is 0 Å². The highest BCUT2D eigenvalue weighted by molar-refractivity contribution is 5.41. The van der Waals surface area contributed by atoms with Crippen LogP contribution < -0.4 is 0 Å². The van der Waals surface area contributed by atoms with E-state index >= 15 is 0 Å². The number of non-ortho nitro benzene ring substituents is 1. The van der Waals surface area contributed by atoms with Crippen LogP contribution in [0.1, 0.15) is 12.5 Å². The first-order chi connectivity index (χ1) is 6.56. The predicted molar refractivity (Wildman–Crippen MR) is 48.2 cm³/mol. The number of hydrogen-bond donors (Lipinski definition) is 1. The SMILES string of the molecule is C[C](CO)c1cc([N+](=O)[O-])ccc1F. The van der Waals surface area contributed by atoms with Crippen LogP contribution in [0, 0.1) is 21.8 Å². The van der Waals surface area contributed by atoms with Crippen molar-refractivity contribution >= 4 is 5.69 Å². The summed E-state index contributed by atoms with van der Waals surface area (Å²) in [7, 11) is 0. The van der Waals surface area contributed by atoms with Crippen molar-refractivity contribution < 1.29 is 14.4 Å². The minimum atomic E-state index is -0.604. The molecule has 0 saturated carbocycles. The maximum absolute atomic E-state index is 13.1. The van der Waals surface area contributed by atoms with Crippen molar-refractivity contribution in [3.63, 3.8) is 0 Å². The molecule has 1 radical (unpaired) electrons. The Morgan fingerprint density at radius 3 is 2.79 bits per heavy atom. The van der Waals surface area contributed by atoms with E-state index in [0.717, 1.165) is 18.2 Å². The van der Waals surface area contributed by atoms with Crippen LogP contribution in [0.25, 0.3) is 0 Å². The highest BCUT2D eigenvalue weighted by Crippen LogP contribution is 2.22. The van der Waals surface area contributed by atoms with E-state index in [9.17, 15) is 14.5 Å². The summed E-state index contributed by atoms with van der Waals surface area (Å²) >= 11 is 0. The number of aliphatic hydroxyl groups is 1. The van der Waals surface area contributed by atoms with Crippen LogP contribution >= 0.6 is 0 Å². The lowest BCUT2D eigenvalue weighted by molar-refractivity contribution is -0.385. The summed E-state index contributed by atoms with van der Waals surface area (Å²) in [5.41, 5.74) is -0.101. The molecule has 0 fully saturated rings. The number of benzene rings is 1. The molecule has 1 N–H and O–H groups in total. The van der Waals surface area contributed by atoms with Gasteiger partial charge in [0.25, 0.3) is 5.69 Å². The molecule has 0 spiro atoms. The fraction of sp³-hybridized carbons (Fsp3) is 0.222. The molecule has 4 nitrogen and oxygen atoms in total. The summed E-state index contributed by atoms with van der Waals surface area (Å²) in [6.45, 7) is 1.19. The molecule has 0 heterocycles. The first-order valence-electron chi connectivity index (χ1n) is 3.94. The van der Waals surface area contributed by atoms with E-state index in [2.05, 4.69) is 0 Å². The zero-order chi connectivity index (χ0) is 10.7. The number of nitro groups is 1. The standard InChI is InChI=1S/C9H9FNO3/c1-6(5-12)8-4-7(11(13)14)2-3-9(8)10/h2-4,12H,5H2,1H3. The zero-order valence-corrected chi connectivity index (χ0v) is 7.53. The van der Waals surface area contributed by atoms with E-state index in [1.165, 1.54) is 6.92 Å². The number of nitro benzene ring substituents is 1. The van der Waals surface area contributed by atoms with Gasteiger partial charge in [-0.15, -0.1) is 0 Å². The number of hydrogen-bond acceptors (Lipinski definition) is 3. The van der Waals surface area contributed by atoms with Crippen molar-refractivity contribution in [3.8, 4) is 0 Å². The number of nitrogens with zero attached hydrogens (tertiary/aromatic N) is 1. The molecule has 0 aliphatic carbocycles. The first-order valence-corrected chi connectivity index (χ1v) is 3.94. The van der Waals surface area contributed by atoms with Gasteiger partial charge in [0.2, 0.25) is 0 Å². The van der Waals surface area contributed by atoms with E-state index < -0.39 is 10.7 Å². The van der Waals surface area contributed by atoms with Crippen LogP contribution in [0.2, 0.25) is 0 Å². The molecule has 0 bridgehead atoms. The molecule has 75 valence electrons. The van der Waals surface area contributed by atoms with Crippen molar-refractivity contribution in [1.82, 2.24) is 0 Å². The molecule has 14 heavy (non-hydrogen) atoms. The maximum atomic E-state index is 13.1. The molecule has 0 amide bonds. The van der Waals surface area contributed by atoms with Gasteiger partial charge in [0, 0.05) is 23.6 Å². The largest absolute Gasteiger partial charge is 0.395 e. The van der Waals surface area contributed by atoms with Crippen LogP contribution in [0.4, 0.5) is 10.1 Å². The summed E-state index contributed by atoms with van der Waals surface area (Å²) in [4.78, 5) is 9.78. The normalized spacial score (nSPS) is 10.6. The molecule has 0 aliphatic heterocycles. The van der Waals surface area contributed by atoms with Gasteiger partial charge in [0.05, 0.1) is 11.5 Å². The van der Waals surface area contributed by atoms with Gasteiger partial charge in [-0.25, -0.2) is 4.39 Å². The Kier molecular flexibility index (Phi) is 3.14. The average Bonchev–Trinajstić information content (AvgIpc) is 2.17. The number of rotatable bonds is 3. The fourth-order valence-corrected chi connectivity index (χ4v) is 1.04. The van der Waals surface area contributed by atoms with Crippen molar-refractivity contribution in [2.45, 2.75) is 6.92 Å². The summed E-state index contributed by atoms with van der Waals surface area (Å²) in [5, 5.41) is 19.2. The van der Waals surface area contributed by atoms with Crippen molar-refractivity contribution in [1.29, 1.82) is 0 Å². The van der Waals surface area contributed by atoms with Crippen LogP contribution in [0.15, 0.2) is 18.2 Å². The van der Waals surface area contributed by atoms with Gasteiger partial charge in [0.1, 0.15) is 5.82 Å². The van der Waals surface area contributed by atoms with E-state index in [-0.39, 0.29) is 17.9 Å². The quantitative estimate of drug-likeness (QED) is 0.593. The number of aliphatic hydroxyl groups excluding tert-OH is 1. The lowest BCUT2D eigenvalue weighted by atomic mass is 10.0. The third-order valence-corrected chi connectivity index (χ3v) is 1.86. The van der Waals surface area contributed by atoms with Crippen molar-refractivity contribution in [3.05, 3.63) is 45.6 Å². The second kappa shape index (κ2) is 4.15. The van der Waals surface area contributed by atoms with Crippen molar-refractivity contribution in [2.75, 3.05) is 6.61 Å². The minimum Gasteiger partial charge on any atom is -0.395 e. The van der Waals surface area contributed by atoms with Crippen LogP contribution in [-0.4, -0.2) is 16.6 Å². The lowest BCUT2D eigenvalue weighted by Crippen LogP contribution is -2.03. The van der Waals surface area contributed by atoms with E-state index in [1.807, 2.05) is 0 Å².